The first kappa shape index (κ1) is 18.4. The third kappa shape index (κ3) is 3.86. The Hall–Kier alpha value is -3.95. The molecule has 2 aromatic carbocycles. The van der Waals surface area contributed by atoms with Crippen molar-refractivity contribution in [3.8, 4) is 17.2 Å². The van der Waals surface area contributed by atoms with E-state index in [0.717, 1.165) is 16.9 Å². The molecule has 0 spiro atoms. The molecule has 0 unspecified atom stereocenters. The number of aryl methyl sites for hydroxylation is 1. The summed E-state index contributed by atoms with van der Waals surface area (Å²) in [5, 5.41) is 16.9. The van der Waals surface area contributed by atoms with E-state index in [-0.39, 0.29) is 25.0 Å². The van der Waals surface area contributed by atoms with Crippen molar-refractivity contribution < 1.29 is 19.1 Å². The molecule has 0 aliphatic carbocycles. The van der Waals surface area contributed by atoms with Crippen LogP contribution in [0.4, 0.5) is 11.4 Å². The molecule has 0 bridgehead atoms. The van der Waals surface area contributed by atoms with Crippen molar-refractivity contribution in [2.75, 3.05) is 24.0 Å². The van der Waals surface area contributed by atoms with Crippen LogP contribution in [-0.4, -0.2) is 45.2 Å². The molecule has 1 aliphatic rings. The number of ether oxygens (including phenoxy) is 2. The van der Waals surface area contributed by atoms with Crippen LogP contribution in [0.25, 0.3) is 5.69 Å². The van der Waals surface area contributed by atoms with Gasteiger partial charge in [-0.2, -0.15) is 0 Å². The first-order chi connectivity index (χ1) is 14.0. The molecule has 1 aliphatic heterocycles. The zero-order valence-electron chi connectivity index (χ0n) is 15.8. The number of nitrogens with zero attached hydrogens (tertiary/aromatic N) is 4. The van der Waals surface area contributed by atoms with Gasteiger partial charge >= 0.3 is 0 Å². The number of tetrazole rings is 1. The first-order valence-electron chi connectivity index (χ1n) is 8.83. The van der Waals surface area contributed by atoms with E-state index < -0.39 is 0 Å². The number of amides is 1. The highest BCUT2D eigenvalue weighted by Crippen LogP contribution is 2.37. The normalized spacial score (nSPS) is 11.9. The number of hydrogen-bond donors (Lipinski definition) is 2. The quantitative estimate of drug-likeness (QED) is 0.609. The van der Waals surface area contributed by atoms with E-state index in [0.29, 0.717) is 22.7 Å². The van der Waals surface area contributed by atoms with Crippen molar-refractivity contribution in [1.82, 2.24) is 20.2 Å². The Labute approximate surface area is 165 Å². The maximum Gasteiger partial charge on any atom is 0.243 e. The molecule has 2 N–H and O–H groups in total. The lowest BCUT2D eigenvalue weighted by Crippen LogP contribution is -2.22. The second-order valence-corrected chi connectivity index (χ2v) is 6.46. The van der Waals surface area contributed by atoms with Gasteiger partial charge in [-0.05, 0) is 54.1 Å². The molecule has 10 nitrogen and oxygen atoms in total. The van der Waals surface area contributed by atoms with Gasteiger partial charge in [-0.1, -0.05) is 0 Å². The van der Waals surface area contributed by atoms with E-state index in [1.165, 1.54) is 13.3 Å². The molecule has 0 atom stereocenters. The molecule has 29 heavy (non-hydrogen) atoms. The predicted molar refractivity (Wildman–Crippen MR) is 104 cm³/mol. The zero-order valence-corrected chi connectivity index (χ0v) is 15.8. The summed E-state index contributed by atoms with van der Waals surface area (Å²) in [4.78, 5) is 24.3. The van der Waals surface area contributed by atoms with E-state index in [1.807, 2.05) is 25.1 Å². The Balaban J connectivity index is 1.43. The third-order valence-corrected chi connectivity index (χ3v) is 4.41. The summed E-state index contributed by atoms with van der Waals surface area (Å²) in [7, 11) is 0. The highest BCUT2D eigenvalue weighted by atomic mass is 16.7. The van der Waals surface area contributed by atoms with Gasteiger partial charge < -0.3 is 20.1 Å². The number of carbonyl (C=O) groups is 2. The van der Waals surface area contributed by atoms with Gasteiger partial charge in [0.25, 0.3) is 0 Å². The van der Waals surface area contributed by atoms with Gasteiger partial charge in [-0.25, -0.2) is 4.68 Å². The fraction of sp³-hybridized carbons (Fsp3) is 0.211. The Morgan fingerprint density at radius 1 is 1.17 bits per heavy atom. The largest absolute Gasteiger partial charge is 0.454 e. The summed E-state index contributed by atoms with van der Waals surface area (Å²) < 4.78 is 12.2. The Bertz CT molecular complexity index is 1080. The SMILES string of the molecule is CC(=O)c1cc2c(cc1NC(=O)CNc1ccc(-n3cnnn3)c(C)c1)OCO2. The number of anilines is 2. The number of nitrogens with one attached hydrogen (secondary N) is 2. The van der Waals surface area contributed by atoms with Gasteiger partial charge in [-0.3, -0.25) is 9.59 Å². The maximum atomic E-state index is 12.4. The van der Waals surface area contributed by atoms with Gasteiger partial charge in [0, 0.05) is 17.3 Å². The van der Waals surface area contributed by atoms with Crippen LogP contribution in [0, 0.1) is 6.92 Å². The first-order valence-corrected chi connectivity index (χ1v) is 8.83. The molecule has 0 saturated carbocycles. The summed E-state index contributed by atoms with van der Waals surface area (Å²) in [6.07, 6.45) is 1.51. The number of fused-ring (bicyclic) bond motifs is 1. The Kier molecular flexibility index (Phi) is 4.82. The van der Waals surface area contributed by atoms with Crippen LogP contribution in [-0.2, 0) is 4.79 Å². The molecule has 148 valence electrons. The molecule has 0 radical (unpaired) electrons. The van der Waals surface area contributed by atoms with E-state index >= 15 is 0 Å². The molecule has 0 saturated heterocycles. The van der Waals surface area contributed by atoms with Gasteiger partial charge in [0.1, 0.15) is 6.33 Å². The summed E-state index contributed by atoms with van der Waals surface area (Å²) in [5.41, 5.74) is 3.31. The second-order valence-electron chi connectivity index (χ2n) is 6.46. The Morgan fingerprint density at radius 2 is 1.97 bits per heavy atom. The van der Waals surface area contributed by atoms with E-state index in [2.05, 4.69) is 26.2 Å². The van der Waals surface area contributed by atoms with E-state index in [1.54, 1.807) is 16.8 Å². The number of benzene rings is 2. The van der Waals surface area contributed by atoms with Crippen molar-refractivity contribution >= 4 is 23.1 Å². The highest BCUT2D eigenvalue weighted by molar-refractivity contribution is 6.05. The third-order valence-electron chi connectivity index (χ3n) is 4.41. The van der Waals surface area contributed by atoms with Gasteiger partial charge in [0.2, 0.25) is 12.7 Å². The summed E-state index contributed by atoms with van der Waals surface area (Å²) in [5.74, 6) is 0.505. The predicted octanol–water partition coefficient (Wildman–Crippen LogP) is 1.95. The maximum absolute atomic E-state index is 12.4. The fourth-order valence-corrected chi connectivity index (χ4v) is 3.01. The van der Waals surface area contributed by atoms with Gasteiger partial charge in [-0.15, -0.1) is 5.10 Å². The zero-order chi connectivity index (χ0) is 20.4. The van der Waals surface area contributed by atoms with Crippen molar-refractivity contribution in [2.45, 2.75) is 13.8 Å². The van der Waals surface area contributed by atoms with Crippen molar-refractivity contribution in [3.05, 3.63) is 47.8 Å². The minimum atomic E-state index is -0.298. The number of aromatic nitrogens is 4. The van der Waals surface area contributed by atoms with Crippen molar-refractivity contribution in [1.29, 1.82) is 0 Å². The molecule has 3 aromatic rings. The summed E-state index contributed by atoms with van der Waals surface area (Å²) in [6.45, 7) is 3.47. The van der Waals surface area contributed by atoms with Crippen molar-refractivity contribution in [3.63, 3.8) is 0 Å². The lowest BCUT2D eigenvalue weighted by Gasteiger charge is -2.12. The Morgan fingerprint density at radius 3 is 2.66 bits per heavy atom. The monoisotopic (exact) mass is 394 g/mol. The van der Waals surface area contributed by atoms with Crippen LogP contribution in [0.1, 0.15) is 22.8 Å². The average Bonchev–Trinajstić information content (AvgIpc) is 3.37. The number of Topliss-reactive ketones (excluding diaryl/α,β-unsaturated/α-hetero) is 1. The van der Waals surface area contributed by atoms with Crippen LogP contribution in [0.3, 0.4) is 0 Å². The summed E-state index contributed by atoms with van der Waals surface area (Å²) in [6, 6.07) is 8.76. The number of carbonyl (C=O) groups excluding carboxylic acids is 2. The molecular formula is C19H18N6O4. The average molecular weight is 394 g/mol. The summed E-state index contributed by atoms with van der Waals surface area (Å²) >= 11 is 0. The number of ketones is 1. The number of rotatable bonds is 6. The molecule has 1 aromatic heterocycles. The smallest absolute Gasteiger partial charge is 0.243 e. The molecule has 1 amide bonds. The van der Waals surface area contributed by atoms with Gasteiger partial charge in [0.15, 0.2) is 17.3 Å². The van der Waals surface area contributed by atoms with Crippen LogP contribution in [0.15, 0.2) is 36.7 Å². The standard InChI is InChI=1S/C19H18N6O4/c1-11-5-13(3-4-16(11)25-9-21-23-24-25)20-8-19(27)22-15-7-18-17(28-10-29-18)6-14(15)12(2)26/h3-7,9,20H,8,10H2,1-2H3,(H,22,27). The van der Waals surface area contributed by atoms with Crippen LogP contribution >= 0.6 is 0 Å². The van der Waals surface area contributed by atoms with Crippen LogP contribution in [0.2, 0.25) is 0 Å². The molecule has 0 fully saturated rings. The lowest BCUT2D eigenvalue weighted by atomic mass is 10.1. The second kappa shape index (κ2) is 7.58. The number of hydrogen-bond acceptors (Lipinski definition) is 8. The van der Waals surface area contributed by atoms with Crippen LogP contribution in [0.5, 0.6) is 11.5 Å². The highest BCUT2D eigenvalue weighted by Gasteiger charge is 2.20. The topological polar surface area (TPSA) is 120 Å². The van der Waals surface area contributed by atoms with Crippen molar-refractivity contribution in [2.24, 2.45) is 0 Å². The lowest BCUT2D eigenvalue weighted by molar-refractivity contribution is -0.114. The van der Waals surface area contributed by atoms with E-state index in [4.69, 9.17) is 9.47 Å². The molecular weight excluding hydrogens is 376 g/mol. The van der Waals surface area contributed by atoms with Gasteiger partial charge in [0.05, 0.1) is 17.9 Å². The minimum Gasteiger partial charge on any atom is -0.454 e. The molecule has 10 heteroatoms. The fourth-order valence-electron chi connectivity index (χ4n) is 3.01. The molecule has 4 rings (SSSR count). The van der Waals surface area contributed by atoms with Crippen LogP contribution < -0.4 is 20.1 Å². The molecule has 2 heterocycles. The van der Waals surface area contributed by atoms with E-state index in [9.17, 15) is 9.59 Å². The minimum absolute atomic E-state index is 0.0233.